The van der Waals surface area contributed by atoms with Gasteiger partial charge in [0, 0.05) is 25.7 Å². The minimum Gasteiger partial charge on any atom is -0.497 e. The van der Waals surface area contributed by atoms with Crippen molar-refractivity contribution in [2.45, 2.75) is 38.8 Å². The Labute approximate surface area is 138 Å². The highest BCUT2D eigenvalue weighted by molar-refractivity contribution is 5.74. The molecule has 2 aliphatic heterocycles. The maximum atomic E-state index is 12.5. The first-order chi connectivity index (χ1) is 11.2. The Hall–Kier alpha value is -1.75. The Morgan fingerprint density at radius 3 is 3.00 bits per heavy atom. The second kappa shape index (κ2) is 7.21. The minimum atomic E-state index is 0.0643. The smallest absolute Gasteiger partial charge is 0.317 e. The van der Waals surface area contributed by atoms with Crippen LogP contribution in [0.1, 0.15) is 30.9 Å². The van der Waals surface area contributed by atoms with E-state index in [1.54, 1.807) is 7.11 Å². The van der Waals surface area contributed by atoms with Gasteiger partial charge in [0.25, 0.3) is 0 Å². The van der Waals surface area contributed by atoms with Crippen LogP contribution >= 0.6 is 0 Å². The van der Waals surface area contributed by atoms with Gasteiger partial charge in [0.1, 0.15) is 5.75 Å². The molecule has 0 radical (unpaired) electrons. The number of ether oxygens (including phenoxy) is 1. The van der Waals surface area contributed by atoms with Crippen molar-refractivity contribution in [2.75, 3.05) is 33.3 Å². The zero-order valence-corrected chi connectivity index (χ0v) is 14.2. The average molecular weight is 317 g/mol. The molecule has 1 atom stereocenters. The van der Waals surface area contributed by atoms with Gasteiger partial charge in [-0.15, -0.1) is 0 Å². The van der Waals surface area contributed by atoms with Gasteiger partial charge in [0.15, 0.2) is 0 Å². The molecule has 23 heavy (non-hydrogen) atoms. The Balaban J connectivity index is 1.54. The second-order valence-electron chi connectivity index (χ2n) is 6.42. The van der Waals surface area contributed by atoms with E-state index in [1.807, 2.05) is 11.0 Å². The lowest BCUT2D eigenvalue weighted by atomic mass is 10.00. The van der Waals surface area contributed by atoms with Crippen molar-refractivity contribution in [3.05, 3.63) is 29.3 Å². The van der Waals surface area contributed by atoms with Crippen molar-refractivity contribution >= 4 is 6.03 Å². The third-order valence-corrected chi connectivity index (χ3v) is 5.11. The van der Waals surface area contributed by atoms with E-state index in [2.05, 4.69) is 29.3 Å². The van der Waals surface area contributed by atoms with E-state index >= 15 is 0 Å². The van der Waals surface area contributed by atoms with Crippen molar-refractivity contribution in [3.8, 4) is 5.75 Å². The number of likely N-dealkylation sites (tertiary alicyclic amines) is 1. The summed E-state index contributed by atoms with van der Waals surface area (Å²) in [6.45, 7) is 6.64. The van der Waals surface area contributed by atoms with Gasteiger partial charge in [-0.1, -0.05) is 13.0 Å². The minimum absolute atomic E-state index is 0.0643. The van der Waals surface area contributed by atoms with Crippen molar-refractivity contribution in [1.29, 1.82) is 0 Å². The molecule has 0 aliphatic carbocycles. The molecular weight excluding hydrogens is 290 g/mol. The molecule has 1 aromatic carbocycles. The van der Waals surface area contributed by atoms with Crippen LogP contribution in [0, 0.1) is 0 Å². The topological polar surface area (TPSA) is 44.8 Å². The number of urea groups is 1. The molecule has 0 spiro atoms. The Kier molecular flexibility index (Phi) is 5.06. The fourth-order valence-corrected chi connectivity index (χ4v) is 3.69. The first-order valence-corrected chi connectivity index (χ1v) is 8.64. The molecule has 3 rings (SSSR count). The SMILES string of the molecule is CCN1CCCC1CNC(=O)N1CCc2cc(OC)ccc2C1. The summed E-state index contributed by atoms with van der Waals surface area (Å²) in [5, 5.41) is 3.13. The number of nitrogens with zero attached hydrogens (tertiary/aromatic N) is 2. The molecule has 1 N–H and O–H groups in total. The monoisotopic (exact) mass is 317 g/mol. The van der Waals surface area contributed by atoms with Crippen molar-refractivity contribution in [3.63, 3.8) is 0 Å². The Morgan fingerprint density at radius 2 is 2.22 bits per heavy atom. The van der Waals surface area contributed by atoms with E-state index in [0.717, 1.165) is 38.3 Å². The lowest BCUT2D eigenvalue weighted by molar-refractivity contribution is 0.186. The molecule has 1 aromatic rings. The summed E-state index contributed by atoms with van der Waals surface area (Å²) in [7, 11) is 1.69. The van der Waals surface area contributed by atoms with Crippen LogP contribution in [0.4, 0.5) is 4.79 Å². The zero-order chi connectivity index (χ0) is 16.2. The van der Waals surface area contributed by atoms with E-state index in [0.29, 0.717) is 12.6 Å². The molecule has 1 unspecified atom stereocenters. The number of amides is 2. The van der Waals surface area contributed by atoms with Gasteiger partial charge in [-0.25, -0.2) is 4.79 Å². The highest BCUT2D eigenvalue weighted by Gasteiger charge is 2.25. The largest absolute Gasteiger partial charge is 0.497 e. The van der Waals surface area contributed by atoms with E-state index < -0.39 is 0 Å². The zero-order valence-electron chi connectivity index (χ0n) is 14.2. The number of hydrogen-bond donors (Lipinski definition) is 1. The third-order valence-electron chi connectivity index (χ3n) is 5.11. The highest BCUT2D eigenvalue weighted by Crippen LogP contribution is 2.23. The summed E-state index contributed by atoms with van der Waals surface area (Å²) in [4.78, 5) is 16.8. The summed E-state index contributed by atoms with van der Waals surface area (Å²) < 4.78 is 5.27. The predicted octanol–water partition coefficient (Wildman–Crippen LogP) is 2.25. The van der Waals surface area contributed by atoms with Crippen LogP contribution in [-0.4, -0.2) is 55.2 Å². The number of carbonyl (C=O) groups is 1. The number of likely N-dealkylation sites (N-methyl/N-ethyl adjacent to an activating group) is 1. The van der Waals surface area contributed by atoms with E-state index in [9.17, 15) is 4.79 Å². The number of benzene rings is 1. The fourth-order valence-electron chi connectivity index (χ4n) is 3.69. The summed E-state index contributed by atoms with van der Waals surface area (Å²) in [5.41, 5.74) is 2.52. The van der Waals surface area contributed by atoms with Gasteiger partial charge in [0.05, 0.1) is 7.11 Å². The van der Waals surface area contributed by atoms with Gasteiger partial charge in [-0.05, 0) is 55.6 Å². The summed E-state index contributed by atoms with van der Waals surface area (Å²) >= 11 is 0. The van der Waals surface area contributed by atoms with Gasteiger partial charge in [-0.2, -0.15) is 0 Å². The molecular formula is C18H27N3O2. The van der Waals surface area contributed by atoms with E-state index in [1.165, 1.54) is 24.0 Å². The van der Waals surface area contributed by atoms with Crippen molar-refractivity contribution in [1.82, 2.24) is 15.1 Å². The maximum absolute atomic E-state index is 12.5. The highest BCUT2D eigenvalue weighted by atomic mass is 16.5. The number of methoxy groups -OCH3 is 1. The summed E-state index contributed by atoms with van der Waals surface area (Å²) in [6.07, 6.45) is 3.33. The van der Waals surface area contributed by atoms with E-state index in [4.69, 9.17) is 4.74 Å². The summed E-state index contributed by atoms with van der Waals surface area (Å²) in [6, 6.07) is 6.70. The van der Waals surface area contributed by atoms with Gasteiger partial charge in [-0.3, -0.25) is 4.90 Å². The van der Waals surface area contributed by atoms with Gasteiger partial charge >= 0.3 is 6.03 Å². The van der Waals surface area contributed by atoms with Crippen LogP contribution in [-0.2, 0) is 13.0 Å². The number of nitrogens with one attached hydrogen (secondary N) is 1. The molecule has 1 fully saturated rings. The quantitative estimate of drug-likeness (QED) is 0.926. The van der Waals surface area contributed by atoms with Gasteiger partial charge in [0.2, 0.25) is 0 Å². The Bertz CT molecular complexity index is 561. The first-order valence-electron chi connectivity index (χ1n) is 8.64. The standard InChI is InChI=1S/C18H27N3O2/c1-3-20-9-4-5-16(20)12-19-18(22)21-10-8-14-11-17(23-2)7-6-15(14)13-21/h6-7,11,16H,3-5,8-10,12-13H2,1-2H3,(H,19,22). The lowest BCUT2D eigenvalue weighted by Gasteiger charge is -2.30. The number of fused-ring (bicyclic) bond motifs is 1. The third kappa shape index (κ3) is 3.61. The second-order valence-corrected chi connectivity index (χ2v) is 6.42. The lowest BCUT2D eigenvalue weighted by Crippen LogP contribution is -2.47. The summed E-state index contributed by atoms with van der Waals surface area (Å²) in [5.74, 6) is 0.891. The van der Waals surface area contributed by atoms with Gasteiger partial charge < -0.3 is 15.0 Å². The molecule has 2 aliphatic rings. The predicted molar refractivity (Wildman–Crippen MR) is 90.8 cm³/mol. The van der Waals surface area contributed by atoms with Crippen molar-refractivity contribution in [2.24, 2.45) is 0 Å². The van der Waals surface area contributed by atoms with Crippen LogP contribution < -0.4 is 10.1 Å². The average Bonchev–Trinajstić information content (AvgIpc) is 3.06. The van der Waals surface area contributed by atoms with Crippen LogP contribution in [0.2, 0.25) is 0 Å². The number of hydrogen-bond acceptors (Lipinski definition) is 3. The number of carbonyl (C=O) groups excluding carboxylic acids is 1. The first kappa shape index (κ1) is 16.1. The molecule has 2 heterocycles. The van der Waals surface area contributed by atoms with Crippen LogP contribution in [0.25, 0.3) is 0 Å². The molecule has 126 valence electrons. The molecule has 5 nitrogen and oxygen atoms in total. The molecule has 5 heteroatoms. The van der Waals surface area contributed by atoms with Crippen LogP contribution in [0.5, 0.6) is 5.75 Å². The molecule has 0 bridgehead atoms. The van der Waals surface area contributed by atoms with E-state index in [-0.39, 0.29) is 6.03 Å². The fraction of sp³-hybridized carbons (Fsp3) is 0.611. The maximum Gasteiger partial charge on any atom is 0.317 e. The molecule has 2 amide bonds. The molecule has 0 aromatic heterocycles. The molecule has 1 saturated heterocycles. The number of rotatable bonds is 4. The van der Waals surface area contributed by atoms with Crippen LogP contribution in [0.3, 0.4) is 0 Å². The molecule has 0 saturated carbocycles. The Morgan fingerprint density at radius 1 is 1.35 bits per heavy atom. The van der Waals surface area contributed by atoms with Crippen molar-refractivity contribution < 1.29 is 9.53 Å². The normalized spacial score (nSPS) is 21.1. The van der Waals surface area contributed by atoms with Crippen LogP contribution in [0.15, 0.2) is 18.2 Å².